The Morgan fingerprint density at radius 1 is 1.22 bits per heavy atom. The van der Waals surface area contributed by atoms with Crippen LogP contribution in [0.1, 0.15) is 0 Å². The third kappa shape index (κ3) is 2.88. The van der Waals surface area contributed by atoms with Gasteiger partial charge in [0, 0.05) is 22.3 Å². The van der Waals surface area contributed by atoms with Crippen molar-refractivity contribution in [3.8, 4) is 11.5 Å². The quantitative estimate of drug-likeness (QED) is 0.629. The second-order valence-electron chi connectivity index (χ2n) is 3.31. The lowest BCUT2D eigenvalue weighted by molar-refractivity contribution is -0.385. The van der Waals surface area contributed by atoms with Crippen molar-refractivity contribution >= 4 is 28.9 Å². The van der Waals surface area contributed by atoms with Crippen molar-refractivity contribution < 1.29 is 9.66 Å². The van der Waals surface area contributed by atoms with E-state index in [0.29, 0.717) is 15.8 Å². The van der Waals surface area contributed by atoms with Crippen LogP contribution in [0.4, 0.5) is 5.69 Å². The van der Waals surface area contributed by atoms with Crippen LogP contribution < -0.4 is 4.74 Å². The Balaban J connectivity index is 2.37. The Morgan fingerprint density at radius 3 is 2.50 bits per heavy atom. The molecule has 1 aromatic carbocycles. The maximum Gasteiger partial charge on any atom is 0.314 e. The first-order chi connectivity index (χ1) is 8.56. The number of ether oxygens (including phenoxy) is 1. The Bertz CT molecular complexity index is 584. The Labute approximate surface area is 112 Å². The van der Waals surface area contributed by atoms with Gasteiger partial charge in [-0.2, -0.15) is 0 Å². The smallest absolute Gasteiger partial charge is 0.314 e. The molecule has 0 aliphatic heterocycles. The van der Waals surface area contributed by atoms with Crippen LogP contribution in [-0.2, 0) is 0 Å². The van der Waals surface area contributed by atoms with E-state index in [0.717, 1.165) is 0 Å². The molecule has 0 amide bonds. The summed E-state index contributed by atoms with van der Waals surface area (Å²) in [6.45, 7) is 0. The van der Waals surface area contributed by atoms with Crippen LogP contribution in [0.3, 0.4) is 0 Å². The highest BCUT2D eigenvalue weighted by Gasteiger charge is 2.15. The van der Waals surface area contributed by atoms with E-state index in [1.54, 1.807) is 0 Å². The lowest BCUT2D eigenvalue weighted by Crippen LogP contribution is -1.94. The molecule has 0 fully saturated rings. The molecule has 0 aliphatic rings. The maximum atomic E-state index is 10.8. The van der Waals surface area contributed by atoms with Crippen molar-refractivity contribution in [2.45, 2.75) is 0 Å². The maximum absolute atomic E-state index is 10.8. The van der Waals surface area contributed by atoms with E-state index in [1.165, 1.54) is 36.7 Å². The number of rotatable bonds is 3. The number of hydrogen-bond acceptors (Lipinski definition) is 4. The molecule has 0 bridgehead atoms. The lowest BCUT2D eigenvalue weighted by Gasteiger charge is -2.06. The zero-order valence-electron chi connectivity index (χ0n) is 8.84. The Hall–Kier alpha value is -1.85. The third-order valence-electron chi connectivity index (χ3n) is 2.02. The predicted molar refractivity (Wildman–Crippen MR) is 67.4 cm³/mol. The summed E-state index contributed by atoms with van der Waals surface area (Å²) in [6.07, 6.45) is 2.57. The van der Waals surface area contributed by atoms with E-state index in [9.17, 15) is 10.1 Å². The van der Waals surface area contributed by atoms with Gasteiger partial charge in [-0.3, -0.25) is 15.1 Å². The number of nitro groups is 1. The minimum absolute atomic E-state index is 0.0285. The summed E-state index contributed by atoms with van der Waals surface area (Å²) in [4.78, 5) is 14.0. The molecule has 7 heteroatoms. The highest BCUT2D eigenvalue weighted by atomic mass is 35.5. The average Bonchev–Trinajstić information content (AvgIpc) is 2.27. The molecule has 0 radical (unpaired) electrons. The minimum Gasteiger partial charge on any atom is -0.448 e. The topological polar surface area (TPSA) is 65.3 Å². The highest BCUT2D eigenvalue weighted by molar-refractivity contribution is 6.34. The monoisotopic (exact) mass is 284 g/mol. The van der Waals surface area contributed by atoms with Gasteiger partial charge in [0.1, 0.15) is 5.75 Å². The van der Waals surface area contributed by atoms with Crippen LogP contribution in [0.2, 0.25) is 10.0 Å². The fourth-order valence-electron chi connectivity index (χ4n) is 1.32. The van der Waals surface area contributed by atoms with Gasteiger partial charge in [0.15, 0.2) is 0 Å². The van der Waals surface area contributed by atoms with Crippen molar-refractivity contribution in [2.24, 2.45) is 0 Å². The molecule has 0 N–H and O–H groups in total. The van der Waals surface area contributed by atoms with Crippen LogP contribution in [0.15, 0.2) is 36.7 Å². The molecule has 92 valence electrons. The van der Waals surface area contributed by atoms with Crippen molar-refractivity contribution in [1.82, 2.24) is 4.98 Å². The molecule has 18 heavy (non-hydrogen) atoms. The van der Waals surface area contributed by atoms with Gasteiger partial charge < -0.3 is 4.74 Å². The summed E-state index contributed by atoms with van der Waals surface area (Å²) in [5, 5.41) is 11.5. The molecule has 0 aliphatic carbocycles. The molecule has 0 saturated heterocycles. The van der Waals surface area contributed by atoms with Crippen LogP contribution in [0.5, 0.6) is 11.5 Å². The van der Waals surface area contributed by atoms with E-state index >= 15 is 0 Å². The van der Waals surface area contributed by atoms with Crippen molar-refractivity contribution in [2.75, 3.05) is 0 Å². The molecule has 0 saturated carbocycles. The van der Waals surface area contributed by atoms with Gasteiger partial charge >= 0.3 is 5.69 Å². The second kappa shape index (κ2) is 5.20. The van der Waals surface area contributed by atoms with Gasteiger partial charge in [-0.1, -0.05) is 23.2 Å². The molecule has 1 heterocycles. The molecule has 0 unspecified atom stereocenters. The van der Waals surface area contributed by atoms with Crippen LogP contribution in [0.25, 0.3) is 0 Å². The number of benzene rings is 1. The van der Waals surface area contributed by atoms with Crippen molar-refractivity contribution in [1.29, 1.82) is 0 Å². The fourth-order valence-corrected chi connectivity index (χ4v) is 1.82. The Kier molecular flexibility index (Phi) is 3.64. The highest BCUT2D eigenvalue weighted by Crippen LogP contribution is 2.32. The molecule has 1 aromatic heterocycles. The number of aromatic nitrogens is 1. The summed E-state index contributed by atoms with van der Waals surface area (Å²) in [5.41, 5.74) is -0.180. The zero-order valence-corrected chi connectivity index (χ0v) is 10.4. The average molecular weight is 285 g/mol. The molecule has 2 aromatic rings. The van der Waals surface area contributed by atoms with Crippen LogP contribution in [-0.4, -0.2) is 9.91 Å². The van der Waals surface area contributed by atoms with Crippen LogP contribution in [0, 0.1) is 10.1 Å². The third-order valence-corrected chi connectivity index (χ3v) is 2.46. The Morgan fingerprint density at radius 2 is 1.89 bits per heavy atom. The van der Waals surface area contributed by atoms with Crippen molar-refractivity contribution in [3.63, 3.8) is 0 Å². The predicted octanol–water partition coefficient (Wildman–Crippen LogP) is 4.09. The van der Waals surface area contributed by atoms with E-state index < -0.39 is 4.92 Å². The zero-order chi connectivity index (χ0) is 13.1. The first-order valence-electron chi connectivity index (χ1n) is 4.78. The van der Waals surface area contributed by atoms with E-state index in [4.69, 9.17) is 27.9 Å². The first-order valence-corrected chi connectivity index (χ1v) is 5.54. The van der Waals surface area contributed by atoms with Gasteiger partial charge in [0.25, 0.3) is 0 Å². The van der Waals surface area contributed by atoms with E-state index in [-0.39, 0.29) is 11.4 Å². The largest absolute Gasteiger partial charge is 0.448 e. The van der Waals surface area contributed by atoms with Gasteiger partial charge in [-0.25, -0.2) is 0 Å². The fraction of sp³-hybridized carbons (Fsp3) is 0. The molecule has 2 rings (SSSR count). The van der Waals surface area contributed by atoms with Crippen molar-refractivity contribution in [3.05, 3.63) is 56.8 Å². The summed E-state index contributed by atoms with van der Waals surface area (Å²) in [6, 6.07) is 5.80. The second-order valence-corrected chi connectivity index (χ2v) is 4.18. The number of halogens is 2. The number of nitrogens with zero attached hydrogens (tertiary/aromatic N) is 2. The summed E-state index contributed by atoms with van der Waals surface area (Å²) < 4.78 is 5.36. The summed E-state index contributed by atoms with van der Waals surface area (Å²) in [7, 11) is 0. The molecule has 5 nitrogen and oxygen atoms in total. The molecular weight excluding hydrogens is 279 g/mol. The van der Waals surface area contributed by atoms with Gasteiger partial charge in [-0.15, -0.1) is 0 Å². The molecule has 0 atom stereocenters. The summed E-state index contributed by atoms with van der Waals surface area (Å²) in [5.74, 6) is 0.337. The molecule has 0 spiro atoms. The molecular formula is C11H6Cl2N2O3. The van der Waals surface area contributed by atoms with E-state index in [2.05, 4.69) is 4.98 Å². The summed E-state index contributed by atoms with van der Waals surface area (Å²) >= 11 is 11.6. The number of pyridine rings is 1. The normalized spacial score (nSPS) is 10.1. The number of hydrogen-bond donors (Lipinski definition) is 0. The SMILES string of the molecule is O=[N+]([O-])c1ccncc1Oc1cc(Cl)cc(Cl)c1. The van der Waals surface area contributed by atoms with E-state index in [1.807, 2.05) is 0 Å². The van der Waals surface area contributed by atoms with Crippen LogP contribution >= 0.6 is 23.2 Å². The standard InChI is InChI=1S/C11H6Cl2N2O3/c12-7-3-8(13)5-9(4-7)18-11-6-14-2-1-10(11)15(16)17/h1-6H. The van der Waals surface area contributed by atoms with Gasteiger partial charge in [0.05, 0.1) is 11.1 Å². The van der Waals surface area contributed by atoms with Gasteiger partial charge in [-0.05, 0) is 18.2 Å². The lowest BCUT2D eigenvalue weighted by atomic mass is 10.3. The van der Waals surface area contributed by atoms with Gasteiger partial charge in [0.2, 0.25) is 5.75 Å². The minimum atomic E-state index is -0.552. The first kappa shape index (κ1) is 12.6.